The van der Waals surface area contributed by atoms with Crippen molar-refractivity contribution in [3.05, 3.63) is 29.8 Å². The molecule has 0 saturated carbocycles. The third-order valence-electron chi connectivity index (χ3n) is 2.88. The first kappa shape index (κ1) is 16.1. The van der Waals surface area contributed by atoms with Crippen LogP contribution in [0.1, 0.15) is 38.3 Å². The van der Waals surface area contributed by atoms with Gasteiger partial charge in [-0.1, -0.05) is 25.1 Å². The number of ether oxygens (including phenoxy) is 1. The zero-order valence-corrected chi connectivity index (χ0v) is 12.8. The summed E-state index contributed by atoms with van der Waals surface area (Å²) in [6.45, 7) is 5.36. The first-order chi connectivity index (χ1) is 9.19. The molecular weight excluding hydrogens is 258 g/mol. The van der Waals surface area contributed by atoms with Gasteiger partial charge in [0.15, 0.2) is 0 Å². The maximum atomic E-state index is 11.1. The van der Waals surface area contributed by atoms with E-state index in [-0.39, 0.29) is 5.97 Å². The van der Waals surface area contributed by atoms with Crippen molar-refractivity contribution in [1.82, 2.24) is 5.32 Å². The van der Waals surface area contributed by atoms with Crippen LogP contribution in [0.2, 0.25) is 0 Å². The number of nitrogens with one attached hydrogen (secondary N) is 1. The van der Waals surface area contributed by atoms with Crippen LogP contribution in [0, 0.1) is 0 Å². The van der Waals surface area contributed by atoms with Gasteiger partial charge in [-0.2, -0.15) is 0 Å². The molecule has 4 heteroatoms. The Morgan fingerprint density at radius 3 is 2.84 bits per heavy atom. The highest BCUT2D eigenvalue weighted by Crippen LogP contribution is 2.27. The minimum atomic E-state index is -0.151. The second kappa shape index (κ2) is 8.99. The van der Waals surface area contributed by atoms with Gasteiger partial charge >= 0.3 is 5.97 Å². The predicted octanol–water partition coefficient (Wildman–Crippen LogP) is 3.40. The van der Waals surface area contributed by atoms with Crippen molar-refractivity contribution < 1.29 is 9.53 Å². The molecule has 0 aliphatic rings. The highest BCUT2D eigenvalue weighted by Gasteiger charge is 2.10. The molecule has 3 nitrogen and oxygen atoms in total. The smallest absolute Gasteiger partial charge is 0.306 e. The Morgan fingerprint density at radius 1 is 1.42 bits per heavy atom. The molecule has 0 amide bonds. The van der Waals surface area contributed by atoms with E-state index in [2.05, 4.69) is 42.1 Å². The van der Waals surface area contributed by atoms with Crippen LogP contribution in [-0.4, -0.2) is 25.4 Å². The fourth-order valence-corrected chi connectivity index (χ4v) is 2.86. The molecule has 1 unspecified atom stereocenters. The number of carbonyl (C=O) groups is 1. The molecule has 0 aromatic heterocycles. The van der Waals surface area contributed by atoms with Crippen LogP contribution in [0.25, 0.3) is 0 Å². The number of carbonyl (C=O) groups excluding carboxylic acids is 1. The molecule has 1 N–H and O–H groups in total. The second-order valence-electron chi connectivity index (χ2n) is 4.39. The maximum absolute atomic E-state index is 11.1. The van der Waals surface area contributed by atoms with Gasteiger partial charge in [-0.3, -0.25) is 4.79 Å². The van der Waals surface area contributed by atoms with E-state index >= 15 is 0 Å². The summed E-state index contributed by atoms with van der Waals surface area (Å²) >= 11 is 1.71. The Balaban J connectivity index is 2.59. The van der Waals surface area contributed by atoms with Crippen molar-refractivity contribution in [2.24, 2.45) is 0 Å². The van der Waals surface area contributed by atoms with Crippen molar-refractivity contribution in [3.8, 4) is 0 Å². The first-order valence-electron chi connectivity index (χ1n) is 6.71. The van der Waals surface area contributed by atoms with Crippen LogP contribution in [0.15, 0.2) is 29.2 Å². The van der Waals surface area contributed by atoms with Gasteiger partial charge in [-0.25, -0.2) is 0 Å². The molecule has 0 aliphatic carbocycles. The molecule has 1 atom stereocenters. The van der Waals surface area contributed by atoms with Crippen LogP contribution in [0.4, 0.5) is 0 Å². The summed E-state index contributed by atoms with van der Waals surface area (Å²) in [5, 5.41) is 3.49. The number of benzene rings is 1. The van der Waals surface area contributed by atoms with Crippen LogP contribution in [0.5, 0.6) is 0 Å². The quantitative estimate of drug-likeness (QED) is 0.585. The van der Waals surface area contributed by atoms with Gasteiger partial charge in [0.25, 0.3) is 0 Å². The molecule has 1 aromatic carbocycles. The van der Waals surface area contributed by atoms with Gasteiger partial charge in [0.1, 0.15) is 0 Å². The Kier molecular flexibility index (Phi) is 7.60. The number of thioether (sulfide) groups is 1. The maximum Gasteiger partial charge on any atom is 0.306 e. The summed E-state index contributed by atoms with van der Waals surface area (Å²) < 4.78 is 4.65. The standard InChI is InChI=1S/C15H23NO2S/c1-4-10-16-12(2)13-7-5-6-8-14(13)19-11-9-15(17)18-3/h5-8,12,16H,4,9-11H2,1-3H3. The summed E-state index contributed by atoms with van der Waals surface area (Å²) in [5.41, 5.74) is 1.30. The molecular formula is C15H23NO2S. The zero-order chi connectivity index (χ0) is 14.1. The van der Waals surface area contributed by atoms with Crippen LogP contribution >= 0.6 is 11.8 Å². The van der Waals surface area contributed by atoms with Gasteiger partial charge in [0, 0.05) is 16.7 Å². The number of hydrogen-bond acceptors (Lipinski definition) is 4. The molecule has 0 spiro atoms. The third kappa shape index (κ3) is 5.66. The van der Waals surface area contributed by atoms with Crippen molar-refractivity contribution in [2.45, 2.75) is 37.6 Å². The first-order valence-corrected chi connectivity index (χ1v) is 7.69. The van der Waals surface area contributed by atoms with Gasteiger partial charge in [-0.15, -0.1) is 11.8 Å². The van der Waals surface area contributed by atoms with Gasteiger partial charge in [-0.05, 0) is 31.5 Å². The fraction of sp³-hybridized carbons (Fsp3) is 0.533. The van der Waals surface area contributed by atoms with Crippen molar-refractivity contribution >= 4 is 17.7 Å². The fourth-order valence-electron chi connectivity index (χ4n) is 1.79. The van der Waals surface area contributed by atoms with E-state index in [1.54, 1.807) is 11.8 Å². The van der Waals surface area contributed by atoms with Crippen molar-refractivity contribution in [3.63, 3.8) is 0 Å². The Bertz CT molecular complexity index is 395. The molecule has 0 heterocycles. The van der Waals surface area contributed by atoms with Crippen molar-refractivity contribution in [1.29, 1.82) is 0 Å². The van der Waals surface area contributed by atoms with E-state index < -0.39 is 0 Å². The van der Waals surface area contributed by atoms with E-state index in [9.17, 15) is 4.79 Å². The molecule has 19 heavy (non-hydrogen) atoms. The molecule has 1 aromatic rings. The lowest BCUT2D eigenvalue weighted by Crippen LogP contribution is -2.19. The van der Waals surface area contributed by atoms with Crippen LogP contribution in [-0.2, 0) is 9.53 Å². The molecule has 0 aliphatic heterocycles. The van der Waals surface area contributed by atoms with Gasteiger partial charge < -0.3 is 10.1 Å². The summed E-state index contributed by atoms with van der Waals surface area (Å²) in [4.78, 5) is 12.4. The molecule has 0 saturated heterocycles. The summed E-state index contributed by atoms with van der Waals surface area (Å²) in [5.74, 6) is 0.603. The highest BCUT2D eigenvalue weighted by molar-refractivity contribution is 7.99. The lowest BCUT2D eigenvalue weighted by atomic mass is 10.1. The third-order valence-corrected chi connectivity index (χ3v) is 3.97. The number of methoxy groups -OCH3 is 1. The predicted molar refractivity (Wildman–Crippen MR) is 80.5 cm³/mol. The van der Waals surface area contributed by atoms with Crippen LogP contribution < -0.4 is 5.32 Å². The zero-order valence-electron chi connectivity index (χ0n) is 11.9. The number of esters is 1. The summed E-state index contributed by atoms with van der Waals surface area (Å²) in [7, 11) is 1.43. The molecule has 106 valence electrons. The molecule has 0 bridgehead atoms. The number of rotatable bonds is 8. The van der Waals surface area contributed by atoms with Gasteiger partial charge in [0.05, 0.1) is 13.5 Å². The molecule has 0 radical (unpaired) electrons. The van der Waals surface area contributed by atoms with E-state index in [4.69, 9.17) is 0 Å². The average Bonchev–Trinajstić information content (AvgIpc) is 2.45. The Morgan fingerprint density at radius 2 is 2.16 bits per heavy atom. The number of hydrogen-bond donors (Lipinski definition) is 1. The Hall–Kier alpha value is -1.00. The van der Waals surface area contributed by atoms with Gasteiger partial charge in [0.2, 0.25) is 0 Å². The van der Waals surface area contributed by atoms with E-state index in [1.165, 1.54) is 17.6 Å². The van der Waals surface area contributed by atoms with Crippen LogP contribution in [0.3, 0.4) is 0 Å². The lowest BCUT2D eigenvalue weighted by Gasteiger charge is -2.17. The largest absolute Gasteiger partial charge is 0.469 e. The normalized spacial score (nSPS) is 12.2. The molecule has 0 fully saturated rings. The van der Waals surface area contributed by atoms with Crippen molar-refractivity contribution in [2.75, 3.05) is 19.4 Å². The summed E-state index contributed by atoms with van der Waals surface area (Å²) in [6, 6.07) is 8.69. The summed E-state index contributed by atoms with van der Waals surface area (Å²) in [6.07, 6.45) is 1.58. The lowest BCUT2D eigenvalue weighted by molar-refractivity contribution is -0.140. The average molecular weight is 281 g/mol. The second-order valence-corrected chi connectivity index (χ2v) is 5.52. The molecule has 1 rings (SSSR count). The minimum Gasteiger partial charge on any atom is -0.469 e. The Labute approximate surface area is 120 Å². The van der Waals surface area contributed by atoms with E-state index in [1.807, 2.05) is 6.07 Å². The highest BCUT2D eigenvalue weighted by atomic mass is 32.2. The SMILES string of the molecule is CCCNC(C)c1ccccc1SCCC(=O)OC. The minimum absolute atomic E-state index is 0.151. The topological polar surface area (TPSA) is 38.3 Å². The monoisotopic (exact) mass is 281 g/mol. The van der Waals surface area contributed by atoms with E-state index in [0.717, 1.165) is 18.7 Å². The van der Waals surface area contributed by atoms with E-state index in [0.29, 0.717) is 12.5 Å².